The second-order valence-electron chi connectivity index (χ2n) is 9.84. The molecule has 0 saturated carbocycles. The number of amides is 1. The van der Waals surface area contributed by atoms with Gasteiger partial charge in [-0.1, -0.05) is 24.3 Å². The van der Waals surface area contributed by atoms with E-state index in [1.807, 2.05) is 55.5 Å². The van der Waals surface area contributed by atoms with Crippen LogP contribution in [0, 0.1) is 0 Å². The third-order valence-corrected chi connectivity index (χ3v) is 7.25. The van der Waals surface area contributed by atoms with Gasteiger partial charge in [-0.2, -0.15) is 0 Å². The molecule has 7 nitrogen and oxygen atoms in total. The summed E-state index contributed by atoms with van der Waals surface area (Å²) in [6, 6.07) is 20.9. The molecule has 0 aliphatic carbocycles. The average molecular weight is 514 g/mol. The molecule has 198 valence electrons. The number of nitrogens with one attached hydrogen (secondary N) is 1. The van der Waals surface area contributed by atoms with Crippen LogP contribution >= 0.6 is 0 Å². The number of phenols is 1. The quantitative estimate of drug-likeness (QED) is 0.425. The van der Waals surface area contributed by atoms with Gasteiger partial charge in [0.25, 0.3) is 5.91 Å². The second-order valence-corrected chi connectivity index (χ2v) is 9.84. The van der Waals surface area contributed by atoms with E-state index in [2.05, 4.69) is 21.2 Å². The Morgan fingerprint density at radius 1 is 1.00 bits per heavy atom. The van der Waals surface area contributed by atoms with Gasteiger partial charge in [0, 0.05) is 44.7 Å². The molecule has 0 aromatic heterocycles. The second kappa shape index (κ2) is 11.6. The van der Waals surface area contributed by atoms with Gasteiger partial charge in [0.05, 0.1) is 18.4 Å². The van der Waals surface area contributed by atoms with Gasteiger partial charge in [0.1, 0.15) is 23.0 Å². The van der Waals surface area contributed by atoms with Crippen molar-refractivity contribution in [2.24, 2.45) is 0 Å². The summed E-state index contributed by atoms with van der Waals surface area (Å²) in [5.74, 6) is 2.36. The standard InChI is InChI=1S/C31H35N3O4/c1-22-21-24-7-5-8-26(30(24)38-29(22)23-11-13-25(35)14-12-23)31(36)32-15-6-16-33-17-19-34(20-18-33)27-9-3-4-10-28(27)37-2/h3-5,7-14,35H,6,15-21H2,1-2H3,(H,32,36). The van der Waals surface area contributed by atoms with Gasteiger partial charge in [-0.3, -0.25) is 9.69 Å². The average Bonchev–Trinajstić information content (AvgIpc) is 2.95. The van der Waals surface area contributed by atoms with E-state index in [1.54, 1.807) is 19.2 Å². The van der Waals surface area contributed by atoms with Crippen molar-refractivity contribution in [3.05, 3.63) is 89.0 Å². The monoisotopic (exact) mass is 513 g/mol. The molecule has 0 atom stereocenters. The van der Waals surface area contributed by atoms with Crippen LogP contribution in [0.5, 0.6) is 17.2 Å². The maximum Gasteiger partial charge on any atom is 0.255 e. The van der Waals surface area contributed by atoms with Crippen molar-refractivity contribution in [2.75, 3.05) is 51.3 Å². The van der Waals surface area contributed by atoms with Gasteiger partial charge in [0.15, 0.2) is 0 Å². The van der Waals surface area contributed by atoms with Crippen LogP contribution in [0.2, 0.25) is 0 Å². The summed E-state index contributed by atoms with van der Waals surface area (Å²) in [7, 11) is 1.72. The number of piperazine rings is 1. The first kappa shape index (κ1) is 25.7. The summed E-state index contributed by atoms with van der Waals surface area (Å²) in [5.41, 5.74) is 4.68. The van der Waals surface area contributed by atoms with Crippen molar-refractivity contribution in [1.82, 2.24) is 10.2 Å². The summed E-state index contributed by atoms with van der Waals surface area (Å²) in [6.07, 6.45) is 1.60. The zero-order valence-electron chi connectivity index (χ0n) is 22.1. The maximum atomic E-state index is 13.1. The highest BCUT2D eigenvalue weighted by Gasteiger charge is 2.24. The number of anilines is 1. The number of phenolic OH excluding ortho intramolecular Hbond substituents is 1. The Balaban J connectivity index is 1.13. The molecule has 2 aliphatic heterocycles. The van der Waals surface area contributed by atoms with Crippen LogP contribution in [-0.2, 0) is 6.42 Å². The van der Waals surface area contributed by atoms with Gasteiger partial charge >= 0.3 is 0 Å². The number of hydrogen-bond acceptors (Lipinski definition) is 6. The van der Waals surface area contributed by atoms with E-state index >= 15 is 0 Å². The molecule has 3 aromatic rings. The van der Waals surface area contributed by atoms with Crippen molar-refractivity contribution in [2.45, 2.75) is 19.8 Å². The molecule has 1 fully saturated rings. The molecular weight excluding hydrogens is 478 g/mol. The maximum absolute atomic E-state index is 13.1. The number of nitrogens with zero attached hydrogens (tertiary/aromatic N) is 2. The first-order chi connectivity index (χ1) is 18.5. The Kier molecular flexibility index (Phi) is 7.84. The minimum absolute atomic E-state index is 0.118. The van der Waals surface area contributed by atoms with Gasteiger partial charge in [-0.05, 0) is 73.5 Å². The van der Waals surface area contributed by atoms with Crippen LogP contribution in [0.3, 0.4) is 0 Å². The number of methoxy groups -OCH3 is 1. The fraction of sp³-hybridized carbons (Fsp3) is 0.323. The largest absolute Gasteiger partial charge is 0.508 e. The molecule has 2 heterocycles. The fourth-order valence-electron chi connectivity index (χ4n) is 5.20. The number of para-hydroxylation sites is 3. The van der Waals surface area contributed by atoms with Crippen LogP contribution in [0.25, 0.3) is 5.76 Å². The molecule has 5 rings (SSSR count). The Labute approximate surface area is 224 Å². The molecular formula is C31H35N3O4. The molecule has 0 radical (unpaired) electrons. The van der Waals surface area contributed by atoms with E-state index in [9.17, 15) is 9.90 Å². The first-order valence-electron chi connectivity index (χ1n) is 13.2. The van der Waals surface area contributed by atoms with E-state index in [1.165, 1.54) is 0 Å². The summed E-state index contributed by atoms with van der Waals surface area (Å²) in [4.78, 5) is 17.9. The van der Waals surface area contributed by atoms with Crippen LogP contribution in [0.15, 0.2) is 72.3 Å². The van der Waals surface area contributed by atoms with E-state index in [-0.39, 0.29) is 11.7 Å². The Morgan fingerprint density at radius 2 is 1.76 bits per heavy atom. The minimum Gasteiger partial charge on any atom is -0.508 e. The van der Waals surface area contributed by atoms with Crippen LogP contribution < -0.4 is 19.7 Å². The predicted octanol–water partition coefficient (Wildman–Crippen LogP) is 4.71. The number of fused-ring (bicyclic) bond motifs is 1. The molecule has 2 aliphatic rings. The molecule has 3 aromatic carbocycles. The summed E-state index contributed by atoms with van der Waals surface area (Å²) < 4.78 is 11.8. The predicted molar refractivity (Wildman–Crippen MR) is 150 cm³/mol. The van der Waals surface area contributed by atoms with Crippen molar-refractivity contribution in [1.29, 1.82) is 0 Å². The number of allylic oxidation sites excluding steroid dienone is 1. The van der Waals surface area contributed by atoms with Crippen LogP contribution in [0.1, 0.15) is 34.8 Å². The number of carbonyl (C=O) groups is 1. The number of hydrogen-bond donors (Lipinski definition) is 2. The molecule has 0 spiro atoms. The van der Waals surface area contributed by atoms with E-state index in [0.717, 1.165) is 73.0 Å². The van der Waals surface area contributed by atoms with Gasteiger partial charge in [-0.25, -0.2) is 0 Å². The lowest BCUT2D eigenvalue weighted by Crippen LogP contribution is -2.47. The lowest BCUT2D eigenvalue weighted by Gasteiger charge is -2.36. The van der Waals surface area contributed by atoms with Crippen molar-refractivity contribution in [3.8, 4) is 17.2 Å². The molecule has 1 amide bonds. The number of ether oxygens (including phenoxy) is 2. The van der Waals surface area contributed by atoms with Crippen LogP contribution in [-0.4, -0.2) is 62.3 Å². The summed E-state index contributed by atoms with van der Waals surface area (Å²) in [6.45, 7) is 7.46. The number of aromatic hydroxyl groups is 1. The SMILES string of the molecule is COc1ccccc1N1CCN(CCCNC(=O)c2cccc3c2OC(c2ccc(O)cc2)=C(C)C3)CC1. The van der Waals surface area contributed by atoms with E-state index in [0.29, 0.717) is 24.3 Å². The van der Waals surface area contributed by atoms with Gasteiger partial charge in [-0.15, -0.1) is 0 Å². The molecule has 2 N–H and O–H groups in total. The third-order valence-electron chi connectivity index (χ3n) is 7.25. The number of carbonyl (C=O) groups excluding carboxylic acids is 1. The Morgan fingerprint density at radius 3 is 2.53 bits per heavy atom. The van der Waals surface area contributed by atoms with Gasteiger partial charge in [0.2, 0.25) is 0 Å². The number of benzene rings is 3. The molecule has 7 heteroatoms. The highest BCUT2D eigenvalue weighted by atomic mass is 16.5. The Hall–Kier alpha value is -3.97. The summed E-state index contributed by atoms with van der Waals surface area (Å²) in [5, 5.41) is 12.7. The van der Waals surface area contributed by atoms with Crippen LogP contribution in [0.4, 0.5) is 5.69 Å². The lowest BCUT2D eigenvalue weighted by atomic mass is 9.96. The fourth-order valence-corrected chi connectivity index (χ4v) is 5.20. The smallest absolute Gasteiger partial charge is 0.255 e. The first-order valence-corrected chi connectivity index (χ1v) is 13.2. The molecule has 38 heavy (non-hydrogen) atoms. The molecule has 0 bridgehead atoms. The zero-order valence-corrected chi connectivity index (χ0v) is 22.1. The lowest BCUT2D eigenvalue weighted by molar-refractivity contribution is 0.0949. The van der Waals surface area contributed by atoms with Gasteiger partial charge < -0.3 is 24.8 Å². The normalized spacial score (nSPS) is 15.6. The third kappa shape index (κ3) is 5.63. The zero-order chi connectivity index (χ0) is 26.5. The topological polar surface area (TPSA) is 74.3 Å². The van der Waals surface area contributed by atoms with E-state index in [4.69, 9.17) is 9.47 Å². The van der Waals surface area contributed by atoms with Crippen molar-refractivity contribution < 1.29 is 19.4 Å². The van der Waals surface area contributed by atoms with Crippen molar-refractivity contribution in [3.63, 3.8) is 0 Å². The molecule has 1 saturated heterocycles. The Bertz CT molecular complexity index is 1310. The highest BCUT2D eigenvalue weighted by Crippen LogP contribution is 2.37. The van der Waals surface area contributed by atoms with Crippen molar-refractivity contribution >= 4 is 17.4 Å². The van der Waals surface area contributed by atoms with E-state index < -0.39 is 0 Å². The minimum atomic E-state index is -0.118. The molecule has 0 unspecified atom stereocenters. The summed E-state index contributed by atoms with van der Waals surface area (Å²) >= 11 is 0. The number of rotatable bonds is 8. The highest BCUT2D eigenvalue weighted by molar-refractivity contribution is 5.98.